The molecule has 0 bridgehead atoms. The number of aromatic amines is 1. The maximum absolute atomic E-state index is 11.7. The van der Waals surface area contributed by atoms with E-state index in [9.17, 15) is 4.79 Å². The van der Waals surface area contributed by atoms with Crippen molar-refractivity contribution in [3.8, 4) is 0 Å². The van der Waals surface area contributed by atoms with Gasteiger partial charge in [-0.15, -0.1) is 0 Å². The van der Waals surface area contributed by atoms with Crippen molar-refractivity contribution in [2.45, 2.75) is 6.92 Å². The molecule has 0 aliphatic heterocycles. The van der Waals surface area contributed by atoms with Crippen LogP contribution < -0.4 is 5.56 Å². The summed E-state index contributed by atoms with van der Waals surface area (Å²) >= 11 is 0. The summed E-state index contributed by atoms with van der Waals surface area (Å²) in [6.45, 7) is 9.72. The van der Waals surface area contributed by atoms with Crippen LogP contribution in [0.15, 0.2) is 60.3 Å². The fraction of sp³-hybridized carbons (Fsp3) is 0.0667. The van der Waals surface area contributed by atoms with Gasteiger partial charge >= 0.3 is 0 Å². The van der Waals surface area contributed by atoms with Crippen LogP contribution in [0.1, 0.15) is 12.5 Å². The van der Waals surface area contributed by atoms with Gasteiger partial charge in [-0.3, -0.25) is 9.78 Å². The number of hydrogen-bond donors (Lipinski definition) is 1. The van der Waals surface area contributed by atoms with E-state index >= 15 is 0 Å². The maximum Gasteiger partial charge on any atom is 0.257 e. The van der Waals surface area contributed by atoms with Crippen LogP contribution in [0.5, 0.6) is 0 Å². The minimum atomic E-state index is -0.140. The second kappa shape index (κ2) is 4.84. The molecule has 90 valence electrons. The number of nitrogens with zero attached hydrogens (tertiary/aromatic N) is 1. The molecule has 2 aromatic heterocycles. The van der Waals surface area contributed by atoms with Crippen LogP contribution in [0.2, 0.25) is 0 Å². The fourth-order valence-electron chi connectivity index (χ4n) is 1.70. The summed E-state index contributed by atoms with van der Waals surface area (Å²) in [4.78, 5) is 18.3. The van der Waals surface area contributed by atoms with Crippen molar-refractivity contribution in [1.29, 1.82) is 0 Å². The van der Waals surface area contributed by atoms with Crippen LogP contribution in [0.25, 0.3) is 16.3 Å². The van der Waals surface area contributed by atoms with Gasteiger partial charge in [0.05, 0.1) is 5.39 Å². The Balaban J connectivity index is 2.59. The summed E-state index contributed by atoms with van der Waals surface area (Å²) in [5.74, 6) is 0. The lowest BCUT2D eigenvalue weighted by Gasteiger charge is -2.05. The maximum atomic E-state index is 11.7. The molecule has 0 radical (unpaired) electrons. The molecule has 3 heteroatoms. The average Bonchev–Trinajstić information content (AvgIpc) is 2.37. The summed E-state index contributed by atoms with van der Waals surface area (Å²) < 4.78 is 0. The fourth-order valence-corrected chi connectivity index (χ4v) is 1.70. The van der Waals surface area contributed by atoms with Crippen molar-refractivity contribution in [2.75, 3.05) is 0 Å². The first kappa shape index (κ1) is 12.0. The SMILES string of the molecule is C=C(C)/C=C\C(=C)c1c[nH]c(=O)c2cnccc12. The Hall–Kier alpha value is -2.42. The molecule has 2 heterocycles. The quantitative estimate of drug-likeness (QED) is 0.835. The van der Waals surface area contributed by atoms with Gasteiger partial charge in [0.15, 0.2) is 0 Å². The normalized spacial score (nSPS) is 10.9. The van der Waals surface area contributed by atoms with Crippen molar-refractivity contribution >= 4 is 16.3 Å². The van der Waals surface area contributed by atoms with E-state index < -0.39 is 0 Å². The molecule has 0 fully saturated rings. The van der Waals surface area contributed by atoms with Crippen LogP contribution in [-0.4, -0.2) is 9.97 Å². The summed E-state index contributed by atoms with van der Waals surface area (Å²) in [5.41, 5.74) is 2.53. The zero-order valence-corrected chi connectivity index (χ0v) is 10.2. The lowest BCUT2D eigenvalue weighted by atomic mass is 10.0. The predicted octanol–water partition coefficient (Wildman–Crippen LogP) is 3.07. The van der Waals surface area contributed by atoms with E-state index in [0.717, 1.165) is 22.1 Å². The standard InChI is InChI=1S/C15H14N2O/c1-10(2)4-5-11(3)13-9-17-15(18)14-8-16-7-6-12(13)14/h4-9H,1,3H2,2H3,(H,17,18)/b5-4-. The molecular weight excluding hydrogens is 224 g/mol. The second-order valence-corrected chi connectivity index (χ2v) is 4.16. The van der Waals surface area contributed by atoms with Gasteiger partial charge in [-0.25, -0.2) is 0 Å². The van der Waals surface area contributed by atoms with E-state index in [1.54, 1.807) is 18.6 Å². The minimum absolute atomic E-state index is 0.140. The summed E-state index contributed by atoms with van der Waals surface area (Å²) in [5, 5.41) is 1.42. The van der Waals surface area contributed by atoms with E-state index in [1.165, 1.54) is 0 Å². The summed E-state index contributed by atoms with van der Waals surface area (Å²) in [7, 11) is 0. The van der Waals surface area contributed by atoms with Crippen LogP contribution in [0.4, 0.5) is 0 Å². The van der Waals surface area contributed by atoms with E-state index in [4.69, 9.17) is 0 Å². The first-order valence-electron chi connectivity index (χ1n) is 5.58. The summed E-state index contributed by atoms with van der Waals surface area (Å²) in [6, 6.07) is 1.82. The average molecular weight is 238 g/mol. The summed E-state index contributed by atoms with van der Waals surface area (Å²) in [6.07, 6.45) is 8.68. The molecule has 1 N–H and O–H groups in total. The number of allylic oxidation sites excluding steroid dienone is 4. The number of nitrogens with one attached hydrogen (secondary N) is 1. The van der Waals surface area contributed by atoms with Crippen molar-refractivity contribution in [1.82, 2.24) is 9.97 Å². The zero-order chi connectivity index (χ0) is 13.1. The molecule has 3 nitrogen and oxygen atoms in total. The largest absolute Gasteiger partial charge is 0.328 e. The molecular formula is C15H14N2O. The Morgan fingerprint density at radius 3 is 2.83 bits per heavy atom. The van der Waals surface area contributed by atoms with Crippen molar-refractivity contribution < 1.29 is 0 Å². The highest BCUT2D eigenvalue weighted by molar-refractivity contribution is 5.94. The van der Waals surface area contributed by atoms with Gasteiger partial charge in [0.25, 0.3) is 5.56 Å². The van der Waals surface area contributed by atoms with Crippen molar-refractivity contribution in [3.63, 3.8) is 0 Å². The minimum Gasteiger partial charge on any atom is -0.328 e. The van der Waals surface area contributed by atoms with E-state index in [-0.39, 0.29) is 5.56 Å². The first-order valence-corrected chi connectivity index (χ1v) is 5.58. The van der Waals surface area contributed by atoms with Crippen LogP contribution >= 0.6 is 0 Å². The highest BCUT2D eigenvalue weighted by Crippen LogP contribution is 2.21. The molecule has 2 aromatic rings. The van der Waals surface area contributed by atoms with E-state index in [2.05, 4.69) is 23.1 Å². The first-order chi connectivity index (χ1) is 8.59. The number of H-pyrrole nitrogens is 1. The van der Waals surface area contributed by atoms with E-state index in [0.29, 0.717) is 5.39 Å². The Morgan fingerprint density at radius 2 is 2.11 bits per heavy atom. The van der Waals surface area contributed by atoms with Crippen LogP contribution in [-0.2, 0) is 0 Å². The second-order valence-electron chi connectivity index (χ2n) is 4.16. The number of fused-ring (bicyclic) bond motifs is 1. The van der Waals surface area contributed by atoms with Crippen molar-refractivity contribution in [3.05, 3.63) is 71.5 Å². The monoisotopic (exact) mass is 238 g/mol. The van der Waals surface area contributed by atoms with Gasteiger partial charge in [0.2, 0.25) is 0 Å². The van der Waals surface area contributed by atoms with E-state index in [1.807, 2.05) is 25.1 Å². The third kappa shape index (κ3) is 2.30. The van der Waals surface area contributed by atoms with Gasteiger partial charge in [0, 0.05) is 24.2 Å². The molecule has 0 atom stereocenters. The number of aromatic nitrogens is 2. The molecule has 0 saturated heterocycles. The Labute approximate surface area is 105 Å². The van der Waals surface area contributed by atoms with Gasteiger partial charge in [-0.05, 0) is 23.9 Å². The highest BCUT2D eigenvalue weighted by Gasteiger charge is 2.05. The molecule has 0 aliphatic carbocycles. The molecule has 0 amide bonds. The number of pyridine rings is 2. The molecule has 0 aliphatic rings. The molecule has 18 heavy (non-hydrogen) atoms. The zero-order valence-electron chi connectivity index (χ0n) is 10.2. The van der Waals surface area contributed by atoms with Gasteiger partial charge < -0.3 is 4.98 Å². The lowest BCUT2D eigenvalue weighted by Crippen LogP contribution is -2.06. The lowest BCUT2D eigenvalue weighted by molar-refractivity contribution is 1.25. The van der Waals surface area contributed by atoms with Crippen molar-refractivity contribution in [2.24, 2.45) is 0 Å². The van der Waals surface area contributed by atoms with Gasteiger partial charge in [0.1, 0.15) is 0 Å². The molecule has 2 rings (SSSR count). The van der Waals surface area contributed by atoms with Gasteiger partial charge in [-0.2, -0.15) is 0 Å². The third-order valence-corrected chi connectivity index (χ3v) is 2.62. The smallest absolute Gasteiger partial charge is 0.257 e. The Kier molecular flexibility index (Phi) is 3.24. The highest BCUT2D eigenvalue weighted by atomic mass is 16.1. The molecule has 0 unspecified atom stereocenters. The topological polar surface area (TPSA) is 45.8 Å². The predicted molar refractivity (Wildman–Crippen MR) is 75.4 cm³/mol. The van der Waals surface area contributed by atoms with Crippen LogP contribution in [0, 0.1) is 0 Å². The Morgan fingerprint density at radius 1 is 1.33 bits per heavy atom. The Bertz CT molecular complexity index is 708. The van der Waals surface area contributed by atoms with Gasteiger partial charge in [-0.1, -0.05) is 30.9 Å². The number of hydrogen-bond acceptors (Lipinski definition) is 2. The van der Waals surface area contributed by atoms with Crippen LogP contribution in [0.3, 0.4) is 0 Å². The molecule has 0 spiro atoms. The number of rotatable bonds is 3. The molecule has 0 saturated carbocycles. The third-order valence-electron chi connectivity index (χ3n) is 2.62. The molecule has 0 aromatic carbocycles.